The van der Waals surface area contributed by atoms with Gasteiger partial charge in [-0.3, -0.25) is 0 Å². The molecule has 11 aromatic rings. The summed E-state index contributed by atoms with van der Waals surface area (Å²) in [5.74, 6) is 0.711. The maximum absolute atomic E-state index is 5.33. The summed E-state index contributed by atoms with van der Waals surface area (Å²) in [7, 11) is 0. The first-order valence-electron chi connectivity index (χ1n) is 19.0. The van der Waals surface area contributed by atoms with Crippen molar-refractivity contribution in [3.8, 4) is 56.3 Å². The van der Waals surface area contributed by atoms with Gasteiger partial charge in [-0.25, -0.2) is 9.97 Å². The van der Waals surface area contributed by atoms with Gasteiger partial charge in [0.05, 0.1) is 27.8 Å². The van der Waals surface area contributed by atoms with E-state index in [1.165, 1.54) is 38.6 Å². The van der Waals surface area contributed by atoms with E-state index >= 15 is 0 Å². The van der Waals surface area contributed by atoms with E-state index in [1.807, 2.05) is 24.3 Å². The molecule has 0 unspecified atom stereocenters. The molecule has 0 fully saturated rings. The fraction of sp³-hybridized carbons (Fsp3) is 0. The summed E-state index contributed by atoms with van der Waals surface area (Å²) in [6, 6.07) is 73.2. The molecule has 0 atom stereocenters. The predicted octanol–water partition coefficient (Wildman–Crippen LogP) is 13.3. The number of benzene rings is 8. The molecular formula is C52H34N4. The monoisotopic (exact) mass is 714 g/mol. The van der Waals surface area contributed by atoms with Crippen molar-refractivity contribution in [3.63, 3.8) is 0 Å². The smallest absolute Gasteiger partial charge is 0.160 e. The van der Waals surface area contributed by atoms with Crippen LogP contribution in [0.25, 0.3) is 100 Å². The van der Waals surface area contributed by atoms with Gasteiger partial charge in [-0.05, 0) is 76.9 Å². The standard InChI is InChI=1S/C52H34N4/c1-5-15-37(16-6-1)49-51-50(54-52(53-49)38-17-7-2-8-18-38)45-34-40(30-32-48(45)56(51)42-21-11-4-12-22-42)36-27-25-35(26-28-36)39-29-31-47-44(33-39)43-23-13-14-24-46(43)55(47)41-19-9-3-10-20-41/h1-34H. The van der Waals surface area contributed by atoms with Gasteiger partial charge >= 0.3 is 0 Å². The third kappa shape index (κ3) is 5.23. The zero-order valence-electron chi connectivity index (χ0n) is 30.4. The summed E-state index contributed by atoms with van der Waals surface area (Å²) >= 11 is 0. The van der Waals surface area contributed by atoms with Crippen molar-refractivity contribution >= 4 is 43.7 Å². The van der Waals surface area contributed by atoms with Crippen LogP contribution in [-0.2, 0) is 0 Å². The number of hydrogen-bond acceptors (Lipinski definition) is 2. The molecule has 3 heterocycles. The average molecular weight is 715 g/mol. The molecule has 0 aliphatic rings. The Balaban J connectivity index is 1.06. The van der Waals surface area contributed by atoms with Crippen LogP contribution in [0.3, 0.4) is 0 Å². The van der Waals surface area contributed by atoms with Crippen molar-refractivity contribution in [1.29, 1.82) is 0 Å². The molecule has 11 rings (SSSR count). The van der Waals surface area contributed by atoms with E-state index in [2.05, 4.69) is 191 Å². The molecule has 0 aliphatic carbocycles. The summed E-state index contributed by atoms with van der Waals surface area (Å²) in [6.45, 7) is 0. The molecule has 8 aromatic carbocycles. The van der Waals surface area contributed by atoms with E-state index < -0.39 is 0 Å². The molecular weight excluding hydrogens is 681 g/mol. The summed E-state index contributed by atoms with van der Waals surface area (Å²) in [5, 5.41) is 3.59. The Hall–Kier alpha value is -7.56. The number of hydrogen-bond donors (Lipinski definition) is 0. The number of rotatable bonds is 6. The molecule has 0 radical (unpaired) electrons. The second-order valence-corrected chi connectivity index (χ2v) is 14.2. The summed E-state index contributed by atoms with van der Waals surface area (Å²) in [5.41, 5.74) is 15.3. The van der Waals surface area contributed by atoms with Crippen LogP contribution in [0.1, 0.15) is 0 Å². The lowest BCUT2D eigenvalue weighted by atomic mass is 9.98. The molecule has 0 spiro atoms. The maximum atomic E-state index is 5.33. The Kier molecular flexibility index (Phi) is 7.46. The second-order valence-electron chi connectivity index (χ2n) is 14.2. The molecule has 0 bridgehead atoms. The van der Waals surface area contributed by atoms with Gasteiger partial charge in [0.15, 0.2) is 5.82 Å². The summed E-state index contributed by atoms with van der Waals surface area (Å²) in [6.07, 6.45) is 0. The lowest BCUT2D eigenvalue weighted by Gasteiger charge is -2.12. The highest BCUT2D eigenvalue weighted by Gasteiger charge is 2.22. The van der Waals surface area contributed by atoms with Gasteiger partial charge in [-0.15, -0.1) is 0 Å². The van der Waals surface area contributed by atoms with E-state index in [4.69, 9.17) is 9.97 Å². The molecule has 3 aromatic heterocycles. The fourth-order valence-electron chi connectivity index (χ4n) is 8.30. The zero-order valence-corrected chi connectivity index (χ0v) is 30.4. The van der Waals surface area contributed by atoms with Crippen molar-refractivity contribution in [3.05, 3.63) is 206 Å². The van der Waals surface area contributed by atoms with E-state index in [9.17, 15) is 0 Å². The lowest BCUT2D eigenvalue weighted by molar-refractivity contribution is 1.15. The van der Waals surface area contributed by atoms with Crippen molar-refractivity contribution < 1.29 is 0 Å². The Morgan fingerprint density at radius 2 is 0.768 bits per heavy atom. The van der Waals surface area contributed by atoms with E-state index in [0.29, 0.717) is 5.82 Å². The molecule has 4 heteroatoms. The van der Waals surface area contributed by atoms with Crippen LogP contribution in [0.5, 0.6) is 0 Å². The van der Waals surface area contributed by atoms with Crippen molar-refractivity contribution in [2.75, 3.05) is 0 Å². The van der Waals surface area contributed by atoms with Gasteiger partial charge in [0.2, 0.25) is 0 Å². The van der Waals surface area contributed by atoms with Gasteiger partial charge in [-0.1, -0.05) is 152 Å². The second kappa shape index (κ2) is 13.1. The maximum Gasteiger partial charge on any atom is 0.160 e. The molecule has 0 saturated heterocycles. The predicted molar refractivity (Wildman–Crippen MR) is 232 cm³/mol. The number of para-hydroxylation sites is 3. The van der Waals surface area contributed by atoms with Crippen LogP contribution in [0.2, 0.25) is 0 Å². The molecule has 0 N–H and O–H groups in total. The van der Waals surface area contributed by atoms with Crippen molar-refractivity contribution in [1.82, 2.24) is 19.1 Å². The third-order valence-corrected chi connectivity index (χ3v) is 10.9. The average Bonchev–Trinajstić information content (AvgIpc) is 3.79. The van der Waals surface area contributed by atoms with Crippen LogP contribution in [-0.4, -0.2) is 19.1 Å². The van der Waals surface area contributed by atoms with Gasteiger partial charge < -0.3 is 9.13 Å². The quantitative estimate of drug-likeness (QED) is 0.172. The molecule has 4 nitrogen and oxygen atoms in total. The number of aromatic nitrogens is 4. The van der Waals surface area contributed by atoms with Crippen molar-refractivity contribution in [2.45, 2.75) is 0 Å². The first kappa shape index (κ1) is 31.9. The minimum Gasteiger partial charge on any atom is -0.309 e. The SMILES string of the molecule is c1ccc(-c2nc(-c3ccccc3)c3c(n2)c2cc(-c4ccc(-c5ccc6c(c5)c5ccccc5n6-c5ccccc5)cc4)ccc2n3-c2ccccc2)cc1. The summed E-state index contributed by atoms with van der Waals surface area (Å²) < 4.78 is 4.68. The van der Waals surface area contributed by atoms with Gasteiger partial charge in [0.25, 0.3) is 0 Å². The first-order chi connectivity index (χ1) is 27.8. The molecule has 0 amide bonds. The molecule has 0 saturated carbocycles. The Morgan fingerprint density at radius 1 is 0.304 bits per heavy atom. The van der Waals surface area contributed by atoms with Crippen LogP contribution in [0, 0.1) is 0 Å². The summed E-state index contributed by atoms with van der Waals surface area (Å²) in [4.78, 5) is 10.6. The Morgan fingerprint density at radius 3 is 1.39 bits per heavy atom. The van der Waals surface area contributed by atoms with E-state index in [1.54, 1.807) is 0 Å². The lowest BCUT2D eigenvalue weighted by Crippen LogP contribution is -1.99. The van der Waals surface area contributed by atoms with Crippen molar-refractivity contribution in [2.24, 2.45) is 0 Å². The normalized spacial score (nSPS) is 11.6. The fourth-order valence-corrected chi connectivity index (χ4v) is 8.30. The van der Waals surface area contributed by atoms with Gasteiger partial charge in [0, 0.05) is 38.7 Å². The Bertz CT molecular complexity index is 3200. The highest BCUT2D eigenvalue weighted by Crippen LogP contribution is 2.40. The van der Waals surface area contributed by atoms with Crippen LogP contribution >= 0.6 is 0 Å². The highest BCUT2D eigenvalue weighted by molar-refractivity contribution is 6.13. The zero-order chi connectivity index (χ0) is 37.0. The number of nitrogens with zero attached hydrogens (tertiary/aromatic N) is 4. The molecule has 56 heavy (non-hydrogen) atoms. The van der Waals surface area contributed by atoms with E-state index in [0.717, 1.165) is 55.6 Å². The topological polar surface area (TPSA) is 35.6 Å². The van der Waals surface area contributed by atoms with Gasteiger partial charge in [0.1, 0.15) is 5.52 Å². The minimum atomic E-state index is 0.711. The highest BCUT2D eigenvalue weighted by atomic mass is 15.0. The molecule has 0 aliphatic heterocycles. The number of fused-ring (bicyclic) bond motifs is 6. The first-order valence-corrected chi connectivity index (χ1v) is 19.0. The largest absolute Gasteiger partial charge is 0.309 e. The van der Waals surface area contributed by atoms with Crippen LogP contribution in [0.15, 0.2) is 206 Å². The minimum absolute atomic E-state index is 0.711. The van der Waals surface area contributed by atoms with Crippen LogP contribution < -0.4 is 0 Å². The van der Waals surface area contributed by atoms with Crippen LogP contribution in [0.4, 0.5) is 0 Å². The van der Waals surface area contributed by atoms with E-state index in [-0.39, 0.29) is 0 Å². The molecule has 262 valence electrons. The van der Waals surface area contributed by atoms with Gasteiger partial charge in [-0.2, -0.15) is 0 Å². The Labute approximate surface area is 324 Å². The third-order valence-electron chi connectivity index (χ3n) is 10.9.